The molecule has 0 amide bonds. The second-order valence-electron chi connectivity index (χ2n) is 2.99. The minimum atomic E-state index is 0.998. The molecule has 0 saturated carbocycles. The molecule has 0 radical (unpaired) electrons. The molecule has 0 aromatic carbocycles. The van der Waals surface area contributed by atoms with Gasteiger partial charge < -0.3 is 0 Å². The summed E-state index contributed by atoms with van der Waals surface area (Å²) in [7, 11) is 2.82. The normalized spacial score (nSPS) is 13.5. The first-order valence-electron chi connectivity index (χ1n) is 4.55. The molecule has 0 aliphatic rings. The van der Waals surface area contributed by atoms with E-state index >= 15 is 0 Å². The molecule has 0 aromatic heterocycles. The second kappa shape index (κ2) is 7.54. The summed E-state index contributed by atoms with van der Waals surface area (Å²) in [4.78, 5) is 0. The molecule has 0 aliphatic heterocycles. The second-order valence-corrected chi connectivity index (χ2v) is 3.57. The quantitative estimate of drug-likeness (QED) is 0.522. The first-order chi connectivity index (χ1) is 4.85. The van der Waals surface area contributed by atoms with Crippen molar-refractivity contribution in [2.45, 2.75) is 46.0 Å². The van der Waals surface area contributed by atoms with Crippen molar-refractivity contribution in [3.63, 3.8) is 0 Å². The lowest BCUT2D eigenvalue weighted by atomic mass is 9.97. The van der Waals surface area contributed by atoms with Crippen LogP contribution < -0.4 is 0 Å². The van der Waals surface area contributed by atoms with Crippen LogP contribution in [0, 0.1) is 5.92 Å². The maximum Gasteiger partial charge on any atom is -0.0379 e. The summed E-state index contributed by atoms with van der Waals surface area (Å²) in [5.41, 5.74) is 0. The zero-order chi connectivity index (χ0) is 7.82. The summed E-state index contributed by atoms with van der Waals surface area (Å²) in [5.74, 6) is 0.998. The molecule has 1 heteroatoms. The molecular weight excluding hydrogens is 139 g/mol. The van der Waals surface area contributed by atoms with Crippen molar-refractivity contribution in [2.24, 2.45) is 5.92 Å². The molecule has 0 nitrogen and oxygen atoms in total. The molecule has 62 valence electrons. The van der Waals surface area contributed by atoms with Crippen LogP contribution in [0.3, 0.4) is 0 Å². The zero-order valence-corrected chi connectivity index (χ0v) is 8.55. The van der Waals surface area contributed by atoms with Crippen LogP contribution in [0.5, 0.6) is 0 Å². The van der Waals surface area contributed by atoms with Crippen molar-refractivity contribution >= 4 is 9.24 Å². The summed E-state index contributed by atoms with van der Waals surface area (Å²) in [6, 6.07) is 0. The van der Waals surface area contributed by atoms with Crippen molar-refractivity contribution in [1.29, 1.82) is 0 Å². The van der Waals surface area contributed by atoms with Crippen molar-refractivity contribution in [2.75, 3.05) is 6.16 Å². The van der Waals surface area contributed by atoms with Crippen molar-refractivity contribution in [3.05, 3.63) is 0 Å². The Hall–Kier alpha value is 0.430. The molecular formula is C9H21P. The third-order valence-corrected chi connectivity index (χ3v) is 2.45. The minimum Gasteiger partial charge on any atom is -0.138 e. The van der Waals surface area contributed by atoms with E-state index in [0.29, 0.717) is 0 Å². The van der Waals surface area contributed by atoms with Crippen LogP contribution in [0.2, 0.25) is 0 Å². The van der Waals surface area contributed by atoms with E-state index in [1.165, 1.54) is 38.3 Å². The van der Waals surface area contributed by atoms with Crippen LogP contribution >= 0.6 is 9.24 Å². The van der Waals surface area contributed by atoms with Gasteiger partial charge in [-0.25, -0.2) is 0 Å². The van der Waals surface area contributed by atoms with Gasteiger partial charge in [0.2, 0.25) is 0 Å². The fourth-order valence-corrected chi connectivity index (χ4v) is 1.75. The van der Waals surface area contributed by atoms with Crippen LogP contribution in [0.4, 0.5) is 0 Å². The maximum atomic E-state index is 2.82. The molecule has 0 spiro atoms. The topological polar surface area (TPSA) is 0 Å². The van der Waals surface area contributed by atoms with E-state index in [0.717, 1.165) is 5.92 Å². The van der Waals surface area contributed by atoms with E-state index in [9.17, 15) is 0 Å². The predicted molar refractivity (Wildman–Crippen MR) is 52.5 cm³/mol. The Morgan fingerprint density at radius 2 is 1.90 bits per heavy atom. The lowest BCUT2D eigenvalue weighted by molar-refractivity contribution is 0.441. The molecule has 0 bridgehead atoms. The summed E-state index contributed by atoms with van der Waals surface area (Å²) in [5, 5.41) is 0. The van der Waals surface area contributed by atoms with Crippen molar-refractivity contribution in [1.82, 2.24) is 0 Å². The van der Waals surface area contributed by atoms with E-state index in [4.69, 9.17) is 0 Å². The van der Waals surface area contributed by atoms with Crippen LogP contribution in [-0.4, -0.2) is 6.16 Å². The zero-order valence-electron chi connectivity index (χ0n) is 7.40. The SMILES string of the molecule is CCCCC(CC)CCP. The third kappa shape index (κ3) is 5.23. The first-order valence-corrected chi connectivity index (χ1v) is 5.36. The smallest absolute Gasteiger partial charge is 0.0379 e. The van der Waals surface area contributed by atoms with E-state index < -0.39 is 0 Å². The van der Waals surface area contributed by atoms with Crippen LogP contribution in [-0.2, 0) is 0 Å². The summed E-state index contributed by atoms with van der Waals surface area (Å²) in [6.45, 7) is 4.58. The lowest BCUT2D eigenvalue weighted by Gasteiger charge is -2.11. The highest BCUT2D eigenvalue weighted by atomic mass is 31.0. The minimum absolute atomic E-state index is 0.998. The van der Waals surface area contributed by atoms with Gasteiger partial charge in [0.1, 0.15) is 0 Å². The lowest BCUT2D eigenvalue weighted by Crippen LogP contribution is -1.98. The Morgan fingerprint density at radius 3 is 2.30 bits per heavy atom. The number of hydrogen-bond donors (Lipinski definition) is 0. The van der Waals surface area contributed by atoms with Gasteiger partial charge in [-0.3, -0.25) is 0 Å². The monoisotopic (exact) mass is 160 g/mol. The molecule has 2 unspecified atom stereocenters. The summed E-state index contributed by atoms with van der Waals surface area (Å²) < 4.78 is 0. The number of rotatable bonds is 6. The molecule has 0 N–H and O–H groups in total. The van der Waals surface area contributed by atoms with Gasteiger partial charge in [-0.15, -0.1) is 9.24 Å². The predicted octanol–water partition coefficient (Wildman–Crippen LogP) is 3.47. The van der Waals surface area contributed by atoms with Crippen molar-refractivity contribution in [3.8, 4) is 0 Å². The largest absolute Gasteiger partial charge is 0.138 e. The molecule has 0 heterocycles. The van der Waals surface area contributed by atoms with E-state index in [2.05, 4.69) is 23.1 Å². The fourth-order valence-electron chi connectivity index (χ4n) is 1.28. The van der Waals surface area contributed by atoms with Gasteiger partial charge in [0.25, 0.3) is 0 Å². The number of hydrogen-bond acceptors (Lipinski definition) is 0. The first kappa shape index (κ1) is 10.4. The van der Waals surface area contributed by atoms with E-state index in [1.807, 2.05) is 0 Å². The highest BCUT2D eigenvalue weighted by Gasteiger charge is 2.02. The number of unbranched alkanes of at least 4 members (excludes halogenated alkanes) is 1. The van der Waals surface area contributed by atoms with Gasteiger partial charge in [-0.1, -0.05) is 39.5 Å². The molecule has 0 fully saturated rings. The Bertz CT molecular complexity index is 61.7. The van der Waals surface area contributed by atoms with Crippen LogP contribution in [0.1, 0.15) is 46.0 Å². The van der Waals surface area contributed by atoms with Gasteiger partial charge in [0.05, 0.1) is 0 Å². The maximum absolute atomic E-state index is 2.82. The van der Waals surface area contributed by atoms with E-state index in [1.54, 1.807) is 0 Å². The van der Waals surface area contributed by atoms with Crippen LogP contribution in [0.25, 0.3) is 0 Å². The molecule has 0 aliphatic carbocycles. The Morgan fingerprint density at radius 1 is 1.20 bits per heavy atom. The fraction of sp³-hybridized carbons (Fsp3) is 1.00. The standard InChI is InChI=1S/C9H21P/c1-3-5-6-9(4-2)7-8-10/h9H,3-8,10H2,1-2H3. The Kier molecular flexibility index (Phi) is 7.86. The van der Waals surface area contributed by atoms with Crippen LogP contribution in [0.15, 0.2) is 0 Å². The van der Waals surface area contributed by atoms with Gasteiger partial charge in [0, 0.05) is 0 Å². The highest BCUT2D eigenvalue weighted by molar-refractivity contribution is 7.16. The van der Waals surface area contributed by atoms with Crippen molar-refractivity contribution < 1.29 is 0 Å². The molecule has 10 heavy (non-hydrogen) atoms. The average Bonchev–Trinajstić information content (AvgIpc) is 1.98. The average molecular weight is 160 g/mol. The Balaban J connectivity index is 3.21. The molecule has 2 atom stereocenters. The summed E-state index contributed by atoms with van der Waals surface area (Å²) >= 11 is 0. The summed E-state index contributed by atoms with van der Waals surface area (Å²) in [6.07, 6.45) is 8.27. The van der Waals surface area contributed by atoms with Gasteiger partial charge >= 0.3 is 0 Å². The van der Waals surface area contributed by atoms with Gasteiger partial charge in [0.15, 0.2) is 0 Å². The van der Waals surface area contributed by atoms with E-state index in [-0.39, 0.29) is 0 Å². The van der Waals surface area contributed by atoms with Gasteiger partial charge in [-0.05, 0) is 18.5 Å². The molecule has 0 aromatic rings. The highest BCUT2D eigenvalue weighted by Crippen LogP contribution is 2.17. The van der Waals surface area contributed by atoms with Gasteiger partial charge in [-0.2, -0.15) is 0 Å². The molecule has 0 saturated heterocycles. The molecule has 0 rings (SSSR count). The third-order valence-electron chi connectivity index (χ3n) is 2.12. The Labute approximate surface area is 68.0 Å².